The molecule has 2 aromatic carbocycles. The fraction of sp³-hybridized carbons (Fsp3) is 0.571. The summed E-state index contributed by atoms with van der Waals surface area (Å²) in [5.41, 5.74) is 28.5. The van der Waals surface area contributed by atoms with Crippen LogP contribution < -0.4 is 0 Å². The molecule has 0 saturated heterocycles. The minimum atomic E-state index is 0. The van der Waals surface area contributed by atoms with Gasteiger partial charge in [-0.1, -0.05) is 81.1 Å². The maximum Gasteiger partial charge on any atom is 2.00 e. The zero-order valence-electron chi connectivity index (χ0n) is 30.8. The van der Waals surface area contributed by atoms with E-state index < -0.39 is 0 Å². The Morgan fingerprint density at radius 2 is 0.733 bits per heavy atom. The Hall–Kier alpha value is -1.99. The second-order valence-electron chi connectivity index (χ2n) is 12.3. The molecular weight excluding hydrogens is 591 g/mol. The Labute approximate surface area is 290 Å². The number of hydrogen-bond donors (Lipinski definition) is 0. The Kier molecular flexibility index (Phi) is 20.8. The van der Waals surface area contributed by atoms with E-state index in [1.165, 1.54) is 70.2 Å². The van der Waals surface area contributed by atoms with E-state index in [4.69, 9.17) is 0 Å². The quantitative estimate of drug-likeness (QED) is 0.0866. The molecule has 45 heavy (non-hydrogen) atoms. The second-order valence-corrected chi connectivity index (χ2v) is 12.3. The van der Waals surface area contributed by atoms with Gasteiger partial charge < -0.3 is 20.4 Å². The van der Waals surface area contributed by atoms with Gasteiger partial charge in [0, 0.05) is 22.3 Å². The van der Waals surface area contributed by atoms with Crippen molar-refractivity contribution in [2.45, 2.75) is 158 Å². The Morgan fingerprint density at radius 3 is 0.978 bits per heavy atom. The van der Waals surface area contributed by atoms with E-state index in [9.17, 15) is 5.53 Å². The van der Waals surface area contributed by atoms with Gasteiger partial charge in [0.05, 0.1) is 0 Å². The summed E-state index contributed by atoms with van der Waals surface area (Å²) in [6.07, 6.45) is 18.0. The summed E-state index contributed by atoms with van der Waals surface area (Å²) in [6, 6.07) is 9.66. The Bertz CT molecular complexity index is 1130. The third-order valence-corrected chi connectivity index (χ3v) is 9.42. The molecular formula is C42H66N2Ni. The summed E-state index contributed by atoms with van der Waals surface area (Å²) in [4.78, 5) is 0. The first-order valence-corrected chi connectivity index (χ1v) is 17.7. The average molecular weight is 658 g/mol. The molecule has 0 fully saturated rings. The van der Waals surface area contributed by atoms with Crippen molar-refractivity contribution in [3.63, 3.8) is 0 Å². The van der Waals surface area contributed by atoms with Crippen molar-refractivity contribution in [1.82, 2.24) is 0 Å². The minimum absolute atomic E-state index is 0. The van der Waals surface area contributed by atoms with Crippen molar-refractivity contribution >= 4 is 11.4 Å². The number of rotatable bonds is 18. The van der Waals surface area contributed by atoms with Crippen LogP contribution in [-0.2, 0) is 55.0 Å². The zero-order valence-corrected chi connectivity index (χ0v) is 31.8. The topological polar surface area (TPSA) is 25.3 Å². The standard InChI is InChI=1S/C40H60N2.2CH3.Ni/c1-9-17-21-35-29(13-5)25-33(26-30(35)14-6)39-37(23-19-11-3)38(24-20-12-4)40(42(39)41)34-27-31(15-7)36(22-18-10-2)32(16-8)28-34;;;/h25-28H,9-24H2,1-8H3;2*1H3;/q;2*-1;+2. The smallest absolute Gasteiger partial charge is 0.493 e. The zero-order chi connectivity index (χ0) is 30.6. The van der Waals surface area contributed by atoms with E-state index in [-0.39, 0.29) is 31.3 Å². The van der Waals surface area contributed by atoms with E-state index in [0.29, 0.717) is 0 Å². The van der Waals surface area contributed by atoms with Crippen molar-refractivity contribution in [2.24, 2.45) is 0 Å². The molecule has 0 N–H and O–H groups in total. The van der Waals surface area contributed by atoms with Crippen LogP contribution in [0.1, 0.15) is 164 Å². The van der Waals surface area contributed by atoms with E-state index in [0.717, 1.165) is 88.4 Å². The van der Waals surface area contributed by atoms with Crippen LogP contribution in [0.25, 0.3) is 16.9 Å². The summed E-state index contributed by atoms with van der Waals surface area (Å²) in [7, 11) is 0. The average Bonchev–Trinajstić information content (AvgIpc) is 3.29. The van der Waals surface area contributed by atoms with Crippen LogP contribution in [0.2, 0.25) is 0 Å². The van der Waals surface area contributed by atoms with E-state index in [1.54, 1.807) is 15.8 Å². The van der Waals surface area contributed by atoms with E-state index in [2.05, 4.69) is 79.7 Å². The number of hydrogen-bond acceptors (Lipinski definition) is 0. The fourth-order valence-corrected chi connectivity index (χ4v) is 6.97. The van der Waals surface area contributed by atoms with Crippen LogP contribution in [0.4, 0.5) is 0 Å². The number of benzene rings is 2. The molecule has 2 aromatic rings. The van der Waals surface area contributed by atoms with Gasteiger partial charge in [-0.3, -0.25) is 0 Å². The molecule has 3 rings (SSSR count). The Balaban J connectivity index is 0.00000645. The normalized spacial score (nSPS) is 12.8. The van der Waals surface area contributed by atoms with Gasteiger partial charge in [-0.05, 0) is 135 Å². The van der Waals surface area contributed by atoms with Crippen LogP contribution in [0.5, 0.6) is 0 Å². The van der Waals surface area contributed by atoms with Crippen LogP contribution in [-0.4, -0.2) is 4.70 Å². The molecule has 0 saturated carbocycles. The van der Waals surface area contributed by atoms with E-state index in [1.807, 2.05) is 0 Å². The molecule has 0 aromatic heterocycles. The molecule has 0 unspecified atom stereocenters. The monoisotopic (exact) mass is 656 g/mol. The molecule has 1 heterocycles. The number of aryl methyl sites for hydroxylation is 4. The van der Waals surface area contributed by atoms with Gasteiger partial charge in [-0.25, -0.2) is 4.70 Å². The summed E-state index contributed by atoms with van der Waals surface area (Å²) in [5, 5.41) is 0. The van der Waals surface area contributed by atoms with Crippen LogP contribution in [0.3, 0.4) is 0 Å². The first-order valence-electron chi connectivity index (χ1n) is 17.7. The van der Waals surface area contributed by atoms with Crippen LogP contribution in [0.15, 0.2) is 35.4 Å². The van der Waals surface area contributed by atoms with Gasteiger partial charge >= 0.3 is 16.5 Å². The maximum absolute atomic E-state index is 12.3. The van der Waals surface area contributed by atoms with E-state index >= 15 is 0 Å². The van der Waals surface area contributed by atoms with Crippen LogP contribution in [0, 0.1) is 14.9 Å². The third-order valence-electron chi connectivity index (χ3n) is 9.42. The number of allylic oxidation sites excluding steroid dienone is 2. The summed E-state index contributed by atoms with van der Waals surface area (Å²) >= 11 is 0. The van der Waals surface area contributed by atoms with Crippen molar-refractivity contribution in [2.75, 3.05) is 0 Å². The van der Waals surface area contributed by atoms with Crippen molar-refractivity contribution in [1.29, 1.82) is 0 Å². The second kappa shape index (κ2) is 21.7. The molecule has 2 nitrogen and oxygen atoms in total. The fourth-order valence-electron chi connectivity index (χ4n) is 6.97. The molecule has 0 amide bonds. The van der Waals surface area contributed by atoms with Gasteiger partial charge in [0.25, 0.3) is 0 Å². The molecule has 1 aliphatic rings. The van der Waals surface area contributed by atoms with Crippen molar-refractivity contribution < 1.29 is 21.2 Å². The Morgan fingerprint density at radius 1 is 0.467 bits per heavy atom. The van der Waals surface area contributed by atoms with Crippen molar-refractivity contribution in [3.8, 4) is 0 Å². The van der Waals surface area contributed by atoms with Crippen LogP contribution >= 0.6 is 0 Å². The largest absolute Gasteiger partial charge is 2.00 e. The molecule has 0 spiro atoms. The number of nitrogens with zero attached hydrogens (tertiary/aromatic N) is 2. The summed E-state index contributed by atoms with van der Waals surface area (Å²) in [5.74, 6) is 0. The number of unbranched alkanes of at least 4 members (excludes halogenated alkanes) is 4. The minimum Gasteiger partial charge on any atom is -0.493 e. The predicted octanol–water partition coefficient (Wildman–Crippen LogP) is 13.1. The predicted molar refractivity (Wildman–Crippen MR) is 197 cm³/mol. The molecule has 0 aliphatic carbocycles. The molecule has 3 heteroatoms. The first-order chi connectivity index (χ1) is 20.4. The maximum atomic E-state index is 12.3. The SMILES string of the molecule is CCCCC1=C(c2cc(CC)c(CCCC)c(CC)c2)[N+](=[N-])C(c2cc(CC)c(CCCC)c(CC)c2)=C1CCCC.[CH3-].[CH3-].[Ni+2]. The molecule has 254 valence electrons. The summed E-state index contributed by atoms with van der Waals surface area (Å²) < 4.78 is 1.62. The van der Waals surface area contributed by atoms with Crippen molar-refractivity contribution in [3.05, 3.63) is 100 Å². The molecule has 0 bridgehead atoms. The van der Waals surface area contributed by atoms with Gasteiger partial charge in [0.2, 0.25) is 11.4 Å². The van der Waals surface area contributed by atoms with Gasteiger partial charge in [0.1, 0.15) is 0 Å². The molecule has 0 atom stereocenters. The van der Waals surface area contributed by atoms with Gasteiger partial charge in [0.15, 0.2) is 0 Å². The summed E-state index contributed by atoms with van der Waals surface area (Å²) in [6.45, 7) is 18.3. The first kappa shape index (κ1) is 43.0. The van der Waals surface area contributed by atoms with Gasteiger partial charge in [-0.15, -0.1) is 0 Å². The van der Waals surface area contributed by atoms with Gasteiger partial charge in [-0.2, -0.15) is 0 Å². The molecule has 1 aliphatic heterocycles. The molecule has 0 radical (unpaired) electrons. The third kappa shape index (κ3) is 10.0.